The van der Waals surface area contributed by atoms with Crippen LogP contribution in [0.25, 0.3) is 0 Å². The lowest BCUT2D eigenvalue weighted by Crippen LogP contribution is -2.29. The minimum absolute atomic E-state index is 0.0496. The van der Waals surface area contributed by atoms with Gasteiger partial charge in [0.25, 0.3) is 0 Å². The summed E-state index contributed by atoms with van der Waals surface area (Å²) in [6.45, 7) is 2.50. The number of ether oxygens (including phenoxy) is 1. The fourth-order valence-electron chi connectivity index (χ4n) is 4.08. The van der Waals surface area contributed by atoms with Gasteiger partial charge in [0.2, 0.25) is 0 Å². The molecule has 0 saturated heterocycles. The Hall–Kier alpha value is -2.43. The maximum absolute atomic E-state index is 12.9. The minimum Gasteiger partial charge on any atom is -0.492 e. The van der Waals surface area contributed by atoms with Crippen molar-refractivity contribution in [1.29, 1.82) is 0 Å². The van der Waals surface area contributed by atoms with Crippen LogP contribution in [0.15, 0.2) is 54.6 Å². The van der Waals surface area contributed by atoms with Crippen LogP contribution in [0.2, 0.25) is 0 Å². The van der Waals surface area contributed by atoms with E-state index in [1.165, 1.54) is 17.7 Å². The average molecular weight is 359 g/mol. The molecule has 0 bridgehead atoms. The van der Waals surface area contributed by atoms with E-state index in [2.05, 4.69) is 23.5 Å². The molecule has 1 aliphatic carbocycles. The minimum atomic E-state index is -4.31. The number of fused-ring (bicyclic) bond motifs is 3. The third-order valence-corrected chi connectivity index (χ3v) is 5.26. The Morgan fingerprint density at radius 1 is 1.12 bits per heavy atom. The van der Waals surface area contributed by atoms with Crippen LogP contribution >= 0.6 is 0 Å². The van der Waals surface area contributed by atoms with E-state index in [-0.39, 0.29) is 17.9 Å². The predicted molar refractivity (Wildman–Crippen MR) is 95.4 cm³/mol. The summed E-state index contributed by atoms with van der Waals surface area (Å²) in [6.07, 6.45) is 0.958. The first kappa shape index (κ1) is 17.0. The second-order valence-electron chi connectivity index (χ2n) is 6.75. The summed E-state index contributed by atoms with van der Waals surface area (Å²) in [5, 5.41) is 3.55. The molecule has 0 amide bonds. The van der Waals surface area contributed by atoms with E-state index in [1.807, 2.05) is 19.1 Å². The van der Waals surface area contributed by atoms with Crippen LogP contribution in [0.3, 0.4) is 0 Å². The zero-order valence-electron chi connectivity index (χ0n) is 14.4. The summed E-state index contributed by atoms with van der Waals surface area (Å²) in [5.74, 6) is 1.33. The van der Waals surface area contributed by atoms with Crippen LogP contribution in [0.4, 0.5) is 18.9 Å². The quantitative estimate of drug-likeness (QED) is 0.686. The van der Waals surface area contributed by atoms with Gasteiger partial charge in [-0.3, -0.25) is 0 Å². The molecule has 0 radical (unpaired) electrons. The zero-order valence-corrected chi connectivity index (χ0v) is 14.4. The van der Waals surface area contributed by atoms with E-state index in [0.29, 0.717) is 6.61 Å². The predicted octanol–water partition coefficient (Wildman–Crippen LogP) is 5.93. The van der Waals surface area contributed by atoms with Crippen molar-refractivity contribution in [2.75, 3.05) is 11.9 Å². The number of hydrogen-bond acceptors (Lipinski definition) is 2. The molecule has 0 unspecified atom stereocenters. The summed E-state index contributed by atoms with van der Waals surface area (Å²) in [6, 6.07) is 11.5. The van der Waals surface area contributed by atoms with Crippen LogP contribution in [-0.2, 0) is 6.18 Å². The number of benzene rings is 2. The molecular weight excluding hydrogens is 339 g/mol. The number of anilines is 1. The Morgan fingerprint density at radius 2 is 1.88 bits per heavy atom. The fraction of sp³-hybridized carbons (Fsp3) is 0.333. The highest BCUT2D eigenvalue weighted by Crippen LogP contribution is 2.52. The molecule has 0 spiro atoms. The second kappa shape index (κ2) is 6.38. The van der Waals surface area contributed by atoms with Crippen molar-refractivity contribution in [1.82, 2.24) is 0 Å². The first-order valence-corrected chi connectivity index (χ1v) is 8.85. The number of halogens is 3. The number of nitrogens with one attached hydrogen (secondary N) is 1. The van der Waals surface area contributed by atoms with Gasteiger partial charge in [0, 0.05) is 5.92 Å². The lowest BCUT2D eigenvalue weighted by Gasteiger charge is -2.38. The third kappa shape index (κ3) is 2.85. The van der Waals surface area contributed by atoms with Crippen LogP contribution in [0.5, 0.6) is 5.75 Å². The van der Waals surface area contributed by atoms with Crippen LogP contribution in [0.1, 0.15) is 42.0 Å². The van der Waals surface area contributed by atoms with E-state index in [1.54, 1.807) is 12.1 Å². The maximum Gasteiger partial charge on any atom is 0.416 e. The number of allylic oxidation sites excluding steroid dienone is 2. The average Bonchev–Trinajstić information content (AvgIpc) is 3.11. The molecule has 136 valence electrons. The van der Waals surface area contributed by atoms with Crippen molar-refractivity contribution in [3.8, 4) is 5.75 Å². The Morgan fingerprint density at radius 3 is 2.58 bits per heavy atom. The number of hydrogen-bond donors (Lipinski definition) is 1. The first-order chi connectivity index (χ1) is 12.5. The van der Waals surface area contributed by atoms with E-state index in [0.717, 1.165) is 23.4 Å². The molecule has 2 aromatic carbocycles. The van der Waals surface area contributed by atoms with Crippen molar-refractivity contribution in [2.45, 2.75) is 31.5 Å². The fourth-order valence-corrected chi connectivity index (χ4v) is 4.08. The van der Waals surface area contributed by atoms with Crippen molar-refractivity contribution in [3.63, 3.8) is 0 Å². The molecule has 3 atom stereocenters. The Kier molecular flexibility index (Phi) is 4.17. The van der Waals surface area contributed by atoms with Crippen molar-refractivity contribution >= 4 is 5.69 Å². The second-order valence-corrected chi connectivity index (χ2v) is 6.75. The highest BCUT2D eigenvalue weighted by Gasteiger charge is 2.39. The lowest BCUT2D eigenvalue weighted by atomic mass is 9.77. The van der Waals surface area contributed by atoms with Crippen LogP contribution < -0.4 is 10.1 Å². The van der Waals surface area contributed by atoms with Gasteiger partial charge in [-0.25, -0.2) is 0 Å². The molecule has 0 saturated carbocycles. The summed E-state index contributed by atoms with van der Waals surface area (Å²) >= 11 is 0. The largest absolute Gasteiger partial charge is 0.492 e. The molecule has 2 aromatic rings. The van der Waals surface area contributed by atoms with Crippen molar-refractivity contribution in [2.24, 2.45) is 5.92 Å². The van der Waals surface area contributed by atoms with E-state index >= 15 is 0 Å². The summed E-state index contributed by atoms with van der Waals surface area (Å²) in [4.78, 5) is 0. The molecule has 26 heavy (non-hydrogen) atoms. The third-order valence-electron chi connectivity index (χ3n) is 5.26. The van der Waals surface area contributed by atoms with E-state index < -0.39 is 11.7 Å². The van der Waals surface area contributed by atoms with Gasteiger partial charge in [-0.05, 0) is 48.6 Å². The molecule has 1 aliphatic heterocycles. The van der Waals surface area contributed by atoms with Gasteiger partial charge in [0.05, 0.1) is 23.9 Å². The lowest BCUT2D eigenvalue weighted by molar-refractivity contribution is -0.137. The van der Waals surface area contributed by atoms with Gasteiger partial charge in [0.15, 0.2) is 0 Å². The highest BCUT2D eigenvalue weighted by molar-refractivity contribution is 5.67. The normalized spacial score (nSPS) is 23.9. The first-order valence-electron chi connectivity index (χ1n) is 8.85. The monoisotopic (exact) mass is 359 g/mol. The molecule has 1 heterocycles. The van der Waals surface area contributed by atoms with E-state index in [4.69, 9.17) is 4.74 Å². The Labute approximate surface area is 150 Å². The van der Waals surface area contributed by atoms with E-state index in [9.17, 15) is 13.2 Å². The molecule has 5 heteroatoms. The summed E-state index contributed by atoms with van der Waals surface area (Å²) in [5.41, 5.74) is 2.40. The van der Waals surface area contributed by atoms with Gasteiger partial charge in [0.1, 0.15) is 5.75 Å². The summed E-state index contributed by atoms with van der Waals surface area (Å²) in [7, 11) is 0. The topological polar surface area (TPSA) is 21.3 Å². The van der Waals surface area contributed by atoms with Crippen LogP contribution in [0, 0.1) is 5.92 Å². The smallest absolute Gasteiger partial charge is 0.416 e. The molecular formula is C21H20F3NO. The molecule has 1 N–H and O–H groups in total. The number of rotatable bonds is 3. The van der Waals surface area contributed by atoms with Gasteiger partial charge in [-0.1, -0.05) is 36.4 Å². The highest BCUT2D eigenvalue weighted by atomic mass is 19.4. The standard InChI is InChI=1S/C21H20F3NO/c1-2-26-18-8-4-7-17-15-5-3-6-16(15)19(25-20(17)18)13-9-11-14(12-10-13)21(22,23)24/h3-5,7-12,15-16,19,25H,2,6H2,1H3/t15-,16+,19+/m1/s1. The number of para-hydroxylation sites is 1. The maximum atomic E-state index is 12.9. The zero-order chi connectivity index (χ0) is 18.3. The van der Waals surface area contributed by atoms with Gasteiger partial charge >= 0.3 is 6.18 Å². The number of alkyl halides is 3. The Balaban J connectivity index is 1.72. The Bertz CT molecular complexity index is 826. The van der Waals surface area contributed by atoms with Crippen LogP contribution in [-0.4, -0.2) is 6.61 Å². The summed E-state index contributed by atoms with van der Waals surface area (Å²) < 4.78 is 44.4. The van der Waals surface area contributed by atoms with Gasteiger partial charge < -0.3 is 10.1 Å². The van der Waals surface area contributed by atoms with Gasteiger partial charge in [-0.2, -0.15) is 13.2 Å². The molecule has 2 aliphatic rings. The molecule has 2 nitrogen and oxygen atoms in total. The molecule has 4 rings (SSSR count). The SMILES string of the molecule is CCOc1cccc2c1N[C@@H](c1ccc(C(F)(F)F)cc1)[C@H]1CC=C[C@@H]21. The van der Waals surface area contributed by atoms with Crippen molar-refractivity contribution < 1.29 is 17.9 Å². The van der Waals surface area contributed by atoms with Gasteiger partial charge in [-0.15, -0.1) is 0 Å². The molecule has 0 fully saturated rings. The van der Waals surface area contributed by atoms with Crippen molar-refractivity contribution in [3.05, 3.63) is 71.3 Å². The molecule has 0 aromatic heterocycles.